The molecule has 0 spiro atoms. The number of halogens is 3. The van der Waals surface area contributed by atoms with Crippen LogP contribution in [0.25, 0.3) is 0 Å². The van der Waals surface area contributed by atoms with E-state index >= 15 is 0 Å². The SMILES string of the molecule is O=C(O)[C@H]1CCCCN1C(=O)c1ccc(OCC(F)(F)F)cc1. The molecule has 8 heteroatoms. The smallest absolute Gasteiger partial charge is 0.422 e. The molecule has 1 aromatic carbocycles. The number of carbonyl (C=O) groups excluding carboxylic acids is 1. The fourth-order valence-electron chi connectivity index (χ4n) is 2.46. The standard InChI is InChI=1S/C15H16F3NO4/c16-15(17,18)9-23-11-6-4-10(5-7-11)13(20)19-8-2-1-3-12(19)14(21)22/h4-7,12H,1-3,8-9H2,(H,21,22)/t12-/m1/s1. The van der Waals surface area contributed by atoms with Crippen LogP contribution in [0.4, 0.5) is 13.2 Å². The van der Waals surface area contributed by atoms with E-state index in [0.717, 1.165) is 12.8 Å². The van der Waals surface area contributed by atoms with Crippen LogP contribution >= 0.6 is 0 Å². The van der Waals surface area contributed by atoms with Crippen molar-refractivity contribution < 1.29 is 32.6 Å². The first-order chi connectivity index (χ1) is 10.8. The first-order valence-electron chi connectivity index (χ1n) is 7.11. The molecule has 1 amide bonds. The van der Waals surface area contributed by atoms with Gasteiger partial charge in [0.25, 0.3) is 5.91 Å². The van der Waals surface area contributed by atoms with Gasteiger partial charge in [0.15, 0.2) is 6.61 Å². The van der Waals surface area contributed by atoms with Crippen LogP contribution in [0.15, 0.2) is 24.3 Å². The van der Waals surface area contributed by atoms with Crippen LogP contribution in [0.5, 0.6) is 5.75 Å². The van der Waals surface area contributed by atoms with E-state index in [-0.39, 0.29) is 11.3 Å². The quantitative estimate of drug-likeness (QED) is 0.921. The molecule has 1 heterocycles. The first-order valence-corrected chi connectivity index (χ1v) is 7.11. The van der Waals surface area contributed by atoms with Crippen LogP contribution in [0.2, 0.25) is 0 Å². The third-order valence-electron chi connectivity index (χ3n) is 3.55. The molecule has 1 fully saturated rings. The Bertz CT molecular complexity index is 571. The highest BCUT2D eigenvalue weighted by atomic mass is 19.4. The van der Waals surface area contributed by atoms with Gasteiger partial charge in [0.05, 0.1) is 0 Å². The predicted octanol–water partition coefficient (Wildman–Crippen LogP) is 2.71. The van der Waals surface area contributed by atoms with Gasteiger partial charge in [-0.15, -0.1) is 0 Å². The minimum atomic E-state index is -4.43. The molecular weight excluding hydrogens is 315 g/mol. The summed E-state index contributed by atoms with van der Waals surface area (Å²) in [6.07, 6.45) is -2.57. The third kappa shape index (κ3) is 4.61. The molecule has 0 unspecified atom stereocenters. The summed E-state index contributed by atoms with van der Waals surface area (Å²) in [6.45, 7) is -1.06. The summed E-state index contributed by atoms with van der Waals surface area (Å²) in [4.78, 5) is 24.9. The molecular formula is C15H16F3NO4. The molecule has 0 radical (unpaired) electrons. The second-order valence-corrected chi connectivity index (χ2v) is 5.28. The number of ether oxygens (including phenoxy) is 1. The lowest BCUT2D eigenvalue weighted by atomic mass is 10.0. The van der Waals surface area contributed by atoms with Gasteiger partial charge in [-0.3, -0.25) is 4.79 Å². The second-order valence-electron chi connectivity index (χ2n) is 5.28. The Kier molecular flexibility index (Phi) is 5.12. The number of amides is 1. The van der Waals surface area contributed by atoms with Crippen molar-refractivity contribution in [3.63, 3.8) is 0 Å². The Hall–Kier alpha value is -2.25. The van der Waals surface area contributed by atoms with E-state index in [2.05, 4.69) is 4.74 Å². The molecule has 1 saturated heterocycles. The summed E-state index contributed by atoms with van der Waals surface area (Å²) in [6, 6.07) is 4.33. The first kappa shape index (κ1) is 17.1. The Morgan fingerprint density at radius 1 is 1.22 bits per heavy atom. The molecule has 23 heavy (non-hydrogen) atoms. The molecule has 1 aromatic rings. The van der Waals surface area contributed by atoms with Crippen LogP contribution in [0, 0.1) is 0 Å². The second kappa shape index (κ2) is 6.89. The lowest BCUT2D eigenvalue weighted by Crippen LogP contribution is -2.47. The number of likely N-dealkylation sites (tertiary alicyclic amines) is 1. The van der Waals surface area contributed by atoms with E-state index < -0.39 is 30.7 Å². The number of nitrogens with zero attached hydrogens (tertiary/aromatic N) is 1. The third-order valence-corrected chi connectivity index (χ3v) is 3.55. The van der Waals surface area contributed by atoms with Crippen LogP contribution in [-0.4, -0.2) is 47.3 Å². The largest absolute Gasteiger partial charge is 0.484 e. The zero-order chi connectivity index (χ0) is 17.0. The Morgan fingerprint density at radius 2 is 1.87 bits per heavy atom. The summed E-state index contributed by atoms with van der Waals surface area (Å²) in [5.74, 6) is -1.50. The number of carboxylic acids is 1. The number of hydrogen-bond donors (Lipinski definition) is 1. The number of aliphatic carboxylic acids is 1. The van der Waals surface area contributed by atoms with Crippen molar-refractivity contribution in [1.29, 1.82) is 0 Å². The molecule has 5 nitrogen and oxygen atoms in total. The highest BCUT2D eigenvalue weighted by molar-refractivity contribution is 5.96. The zero-order valence-corrected chi connectivity index (χ0v) is 12.2. The van der Waals surface area contributed by atoms with Gasteiger partial charge in [0.1, 0.15) is 11.8 Å². The van der Waals surface area contributed by atoms with Crippen molar-refractivity contribution in [3.05, 3.63) is 29.8 Å². The fraction of sp³-hybridized carbons (Fsp3) is 0.467. The summed E-state index contributed by atoms with van der Waals surface area (Å²) in [5, 5.41) is 9.17. The van der Waals surface area contributed by atoms with Crippen LogP contribution in [0.3, 0.4) is 0 Å². The number of carboxylic acid groups (broad SMARTS) is 1. The van der Waals surface area contributed by atoms with Crippen molar-refractivity contribution in [2.75, 3.05) is 13.2 Å². The molecule has 1 aliphatic heterocycles. The number of hydrogen-bond acceptors (Lipinski definition) is 3. The highest BCUT2D eigenvalue weighted by Gasteiger charge is 2.32. The fourth-order valence-corrected chi connectivity index (χ4v) is 2.46. The molecule has 2 rings (SSSR count). The topological polar surface area (TPSA) is 66.8 Å². The van der Waals surface area contributed by atoms with Crippen molar-refractivity contribution in [3.8, 4) is 5.75 Å². The predicted molar refractivity (Wildman–Crippen MR) is 74.3 cm³/mol. The summed E-state index contributed by atoms with van der Waals surface area (Å²) < 4.78 is 40.8. The number of rotatable bonds is 4. The van der Waals surface area contributed by atoms with Gasteiger partial charge in [-0.2, -0.15) is 13.2 Å². The maximum absolute atomic E-state index is 12.4. The zero-order valence-electron chi connectivity index (χ0n) is 12.2. The summed E-state index contributed by atoms with van der Waals surface area (Å²) in [5.41, 5.74) is 0.220. The average Bonchev–Trinajstić information content (AvgIpc) is 2.52. The summed E-state index contributed by atoms with van der Waals surface area (Å²) in [7, 11) is 0. The van der Waals surface area contributed by atoms with Crippen molar-refractivity contribution in [1.82, 2.24) is 4.90 Å². The molecule has 0 bridgehead atoms. The van der Waals surface area contributed by atoms with E-state index in [4.69, 9.17) is 0 Å². The lowest BCUT2D eigenvalue weighted by molar-refractivity contribution is -0.153. The van der Waals surface area contributed by atoms with E-state index in [0.29, 0.717) is 13.0 Å². The van der Waals surface area contributed by atoms with Gasteiger partial charge in [-0.05, 0) is 43.5 Å². The molecule has 0 saturated carbocycles. The maximum atomic E-state index is 12.4. The van der Waals surface area contributed by atoms with Crippen LogP contribution < -0.4 is 4.74 Å². The lowest BCUT2D eigenvalue weighted by Gasteiger charge is -2.33. The Morgan fingerprint density at radius 3 is 2.43 bits per heavy atom. The van der Waals surface area contributed by atoms with Crippen molar-refractivity contribution in [2.45, 2.75) is 31.5 Å². The van der Waals surface area contributed by atoms with Gasteiger partial charge in [-0.25, -0.2) is 4.79 Å². The van der Waals surface area contributed by atoms with Gasteiger partial charge < -0.3 is 14.7 Å². The monoisotopic (exact) mass is 331 g/mol. The van der Waals surface area contributed by atoms with Crippen LogP contribution in [-0.2, 0) is 4.79 Å². The molecule has 126 valence electrons. The summed E-state index contributed by atoms with van der Waals surface area (Å²) >= 11 is 0. The minimum absolute atomic E-state index is 0.00713. The van der Waals surface area contributed by atoms with Gasteiger partial charge >= 0.3 is 12.1 Å². The maximum Gasteiger partial charge on any atom is 0.422 e. The van der Waals surface area contributed by atoms with Gasteiger partial charge in [0.2, 0.25) is 0 Å². The number of piperidine rings is 1. The van der Waals surface area contributed by atoms with E-state index in [1.54, 1.807) is 0 Å². The molecule has 1 N–H and O–H groups in total. The molecule has 1 atom stereocenters. The van der Waals surface area contributed by atoms with E-state index in [9.17, 15) is 27.9 Å². The van der Waals surface area contributed by atoms with Gasteiger partial charge in [0, 0.05) is 12.1 Å². The van der Waals surface area contributed by atoms with Crippen molar-refractivity contribution in [2.24, 2.45) is 0 Å². The minimum Gasteiger partial charge on any atom is -0.484 e. The van der Waals surface area contributed by atoms with E-state index in [1.165, 1.54) is 29.2 Å². The molecule has 0 aromatic heterocycles. The highest BCUT2D eigenvalue weighted by Crippen LogP contribution is 2.22. The molecule has 0 aliphatic carbocycles. The van der Waals surface area contributed by atoms with Crippen LogP contribution in [0.1, 0.15) is 29.6 Å². The normalized spacial score (nSPS) is 18.6. The average molecular weight is 331 g/mol. The molecule has 1 aliphatic rings. The number of carbonyl (C=O) groups is 2. The van der Waals surface area contributed by atoms with E-state index in [1.807, 2.05) is 0 Å². The Balaban J connectivity index is 2.06. The Labute approximate surface area is 130 Å². The number of alkyl halides is 3. The van der Waals surface area contributed by atoms with Gasteiger partial charge in [-0.1, -0.05) is 0 Å². The van der Waals surface area contributed by atoms with Crippen molar-refractivity contribution >= 4 is 11.9 Å². The number of benzene rings is 1.